The normalized spacial score (nSPS) is 15.4. The lowest BCUT2D eigenvalue weighted by Crippen LogP contribution is -2.50. The molecule has 1 saturated heterocycles. The number of nitrogens with one attached hydrogen (secondary N) is 1. The van der Waals surface area contributed by atoms with E-state index >= 15 is 0 Å². The molecule has 0 saturated carbocycles. The van der Waals surface area contributed by atoms with Crippen LogP contribution in [0.5, 0.6) is 5.75 Å². The van der Waals surface area contributed by atoms with Gasteiger partial charge in [0.25, 0.3) is 0 Å². The van der Waals surface area contributed by atoms with Gasteiger partial charge in [-0.3, -0.25) is 9.69 Å². The number of hydrogen-bond acceptors (Lipinski definition) is 6. The number of rotatable bonds is 6. The summed E-state index contributed by atoms with van der Waals surface area (Å²) in [4.78, 5) is 14.4. The molecule has 1 heterocycles. The van der Waals surface area contributed by atoms with Gasteiger partial charge in [-0.15, -0.1) is 0 Å². The van der Waals surface area contributed by atoms with E-state index < -0.39 is 10.0 Å². The molecule has 1 aliphatic rings. The van der Waals surface area contributed by atoms with Crippen LogP contribution in [0.25, 0.3) is 0 Å². The van der Waals surface area contributed by atoms with Gasteiger partial charge in [0.2, 0.25) is 15.9 Å². The first-order valence-electron chi connectivity index (χ1n) is 9.09. The summed E-state index contributed by atoms with van der Waals surface area (Å²) in [5.41, 5.74) is 1.04. The number of amides is 1. The summed E-state index contributed by atoms with van der Waals surface area (Å²) in [5.74, 6) is 0.395. The summed E-state index contributed by atoms with van der Waals surface area (Å²) in [7, 11) is -2.05. The molecule has 0 radical (unpaired) electrons. The van der Waals surface area contributed by atoms with Gasteiger partial charge in [0.15, 0.2) is 0 Å². The highest BCUT2D eigenvalue weighted by molar-refractivity contribution is 7.89. The Morgan fingerprint density at radius 3 is 2.45 bits per heavy atom. The third-order valence-corrected chi connectivity index (χ3v) is 6.58. The van der Waals surface area contributed by atoms with Crippen LogP contribution >= 0.6 is 0 Å². The van der Waals surface area contributed by atoms with E-state index in [1.165, 1.54) is 23.5 Å². The Labute approximate surface area is 170 Å². The van der Waals surface area contributed by atoms with Crippen molar-refractivity contribution >= 4 is 21.6 Å². The zero-order chi connectivity index (χ0) is 20.9. The minimum Gasteiger partial charge on any atom is -0.497 e. The van der Waals surface area contributed by atoms with Crippen LogP contribution in [0.4, 0.5) is 5.69 Å². The van der Waals surface area contributed by atoms with Gasteiger partial charge in [0, 0.05) is 31.9 Å². The number of benzene rings is 2. The Kier molecular flexibility index (Phi) is 6.49. The van der Waals surface area contributed by atoms with Crippen molar-refractivity contribution in [3.63, 3.8) is 0 Å². The maximum atomic E-state index is 12.8. The summed E-state index contributed by atoms with van der Waals surface area (Å²) < 4.78 is 32.1. The van der Waals surface area contributed by atoms with E-state index in [0.29, 0.717) is 43.2 Å². The van der Waals surface area contributed by atoms with E-state index in [1.807, 2.05) is 11.0 Å². The minimum atomic E-state index is -3.58. The number of carbonyl (C=O) groups excluding carboxylic acids is 1. The standard InChI is InChI=1S/C20H22N4O4S/c1-28-18-5-7-19(8-6-18)29(26,27)24-11-9-23(10-12-24)15-20(25)22-17-4-2-3-16(13-17)14-21/h2-8,13H,9-12,15H2,1H3,(H,22,25). The van der Waals surface area contributed by atoms with Gasteiger partial charge in [-0.1, -0.05) is 6.07 Å². The predicted molar refractivity (Wildman–Crippen MR) is 108 cm³/mol. The summed E-state index contributed by atoms with van der Waals surface area (Å²) in [6.07, 6.45) is 0. The number of ether oxygens (including phenoxy) is 1. The first kappa shape index (κ1) is 20.8. The minimum absolute atomic E-state index is 0.160. The van der Waals surface area contributed by atoms with Crippen LogP contribution in [0.1, 0.15) is 5.56 Å². The largest absolute Gasteiger partial charge is 0.497 e. The molecule has 0 spiro atoms. The van der Waals surface area contributed by atoms with Crippen LogP contribution in [0, 0.1) is 11.3 Å². The zero-order valence-electron chi connectivity index (χ0n) is 16.0. The molecule has 0 atom stereocenters. The Hall–Kier alpha value is -2.93. The zero-order valence-corrected chi connectivity index (χ0v) is 16.9. The van der Waals surface area contributed by atoms with E-state index in [0.717, 1.165) is 0 Å². The number of nitriles is 1. The molecule has 1 amide bonds. The number of sulfonamides is 1. The molecule has 152 valence electrons. The maximum Gasteiger partial charge on any atom is 0.243 e. The van der Waals surface area contributed by atoms with Gasteiger partial charge in [0.1, 0.15) is 5.75 Å². The Morgan fingerprint density at radius 2 is 1.83 bits per heavy atom. The third kappa shape index (κ3) is 5.12. The molecule has 0 unspecified atom stereocenters. The van der Waals surface area contributed by atoms with Crippen molar-refractivity contribution in [3.05, 3.63) is 54.1 Å². The van der Waals surface area contributed by atoms with Crippen molar-refractivity contribution in [3.8, 4) is 11.8 Å². The first-order chi connectivity index (χ1) is 13.9. The van der Waals surface area contributed by atoms with Crippen LogP contribution < -0.4 is 10.1 Å². The molecule has 2 aromatic rings. The van der Waals surface area contributed by atoms with Crippen molar-refractivity contribution in [1.82, 2.24) is 9.21 Å². The first-order valence-corrected chi connectivity index (χ1v) is 10.5. The van der Waals surface area contributed by atoms with E-state index in [4.69, 9.17) is 10.00 Å². The van der Waals surface area contributed by atoms with Crippen LogP contribution in [0.15, 0.2) is 53.4 Å². The average molecular weight is 414 g/mol. The highest BCUT2D eigenvalue weighted by Crippen LogP contribution is 2.20. The molecule has 0 bridgehead atoms. The van der Waals surface area contributed by atoms with Gasteiger partial charge in [-0.05, 0) is 42.5 Å². The molecule has 0 aliphatic carbocycles. The number of nitrogens with zero attached hydrogens (tertiary/aromatic N) is 3. The second-order valence-corrected chi connectivity index (χ2v) is 8.53. The Bertz CT molecular complexity index is 1010. The molecule has 9 heteroatoms. The molecule has 8 nitrogen and oxygen atoms in total. The van der Waals surface area contributed by atoms with Crippen molar-refractivity contribution in [2.24, 2.45) is 0 Å². The van der Waals surface area contributed by atoms with Crippen molar-refractivity contribution in [2.45, 2.75) is 4.90 Å². The highest BCUT2D eigenvalue weighted by Gasteiger charge is 2.29. The second kappa shape index (κ2) is 9.05. The topological polar surface area (TPSA) is 103 Å². The number of hydrogen-bond donors (Lipinski definition) is 1. The molecule has 1 N–H and O–H groups in total. The van der Waals surface area contributed by atoms with Crippen LogP contribution in [0.3, 0.4) is 0 Å². The quantitative estimate of drug-likeness (QED) is 0.769. The van der Waals surface area contributed by atoms with Gasteiger partial charge in [-0.25, -0.2) is 8.42 Å². The van der Waals surface area contributed by atoms with Crippen molar-refractivity contribution in [1.29, 1.82) is 5.26 Å². The SMILES string of the molecule is COc1ccc(S(=O)(=O)N2CCN(CC(=O)Nc3cccc(C#N)c3)CC2)cc1. The maximum absolute atomic E-state index is 12.8. The van der Waals surface area contributed by atoms with E-state index in [2.05, 4.69) is 5.32 Å². The summed E-state index contributed by atoms with van der Waals surface area (Å²) >= 11 is 0. The van der Waals surface area contributed by atoms with Gasteiger partial charge >= 0.3 is 0 Å². The second-order valence-electron chi connectivity index (χ2n) is 6.60. The molecule has 1 aliphatic heterocycles. The van der Waals surface area contributed by atoms with Gasteiger partial charge in [-0.2, -0.15) is 9.57 Å². The van der Waals surface area contributed by atoms with E-state index in [1.54, 1.807) is 36.4 Å². The van der Waals surface area contributed by atoms with Gasteiger partial charge < -0.3 is 10.1 Å². The number of piperazine rings is 1. The monoisotopic (exact) mass is 414 g/mol. The fourth-order valence-electron chi connectivity index (χ4n) is 3.09. The summed E-state index contributed by atoms with van der Waals surface area (Å²) in [5, 5.41) is 11.7. The fourth-order valence-corrected chi connectivity index (χ4v) is 4.52. The van der Waals surface area contributed by atoms with Crippen molar-refractivity contribution in [2.75, 3.05) is 45.2 Å². The third-order valence-electron chi connectivity index (χ3n) is 4.67. The van der Waals surface area contributed by atoms with Crippen molar-refractivity contribution < 1.29 is 17.9 Å². The number of methoxy groups -OCH3 is 1. The van der Waals surface area contributed by atoms with Crippen LogP contribution in [0.2, 0.25) is 0 Å². The smallest absolute Gasteiger partial charge is 0.243 e. The lowest BCUT2D eigenvalue weighted by molar-refractivity contribution is -0.117. The number of carbonyl (C=O) groups is 1. The molecule has 29 heavy (non-hydrogen) atoms. The number of anilines is 1. The highest BCUT2D eigenvalue weighted by atomic mass is 32.2. The summed E-state index contributed by atoms with van der Waals surface area (Å²) in [6, 6.07) is 15.0. The van der Waals surface area contributed by atoms with Crippen LogP contribution in [-0.2, 0) is 14.8 Å². The Morgan fingerprint density at radius 1 is 1.14 bits per heavy atom. The lowest BCUT2D eigenvalue weighted by atomic mass is 10.2. The summed E-state index contributed by atoms with van der Waals surface area (Å²) in [6.45, 7) is 1.70. The average Bonchev–Trinajstić information content (AvgIpc) is 2.74. The molecule has 2 aromatic carbocycles. The molecular weight excluding hydrogens is 392 g/mol. The lowest BCUT2D eigenvalue weighted by Gasteiger charge is -2.33. The molecule has 1 fully saturated rings. The Balaban J connectivity index is 1.54. The molecule has 3 rings (SSSR count). The predicted octanol–water partition coefficient (Wildman–Crippen LogP) is 1.51. The van der Waals surface area contributed by atoms with Gasteiger partial charge in [0.05, 0.1) is 30.2 Å². The van der Waals surface area contributed by atoms with Crippen LogP contribution in [-0.4, -0.2) is 63.4 Å². The molecular formula is C20H22N4O4S. The van der Waals surface area contributed by atoms with E-state index in [9.17, 15) is 13.2 Å². The fraction of sp³-hybridized carbons (Fsp3) is 0.300. The van der Waals surface area contributed by atoms with E-state index in [-0.39, 0.29) is 17.3 Å². The molecule has 0 aromatic heterocycles.